The van der Waals surface area contributed by atoms with Gasteiger partial charge in [-0.2, -0.15) is 0 Å². The van der Waals surface area contributed by atoms with Gasteiger partial charge in [0.1, 0.15) is 0 Å². The lowest BCUT2D eigenvalue weighted by Crippen LogP contribution is -2.39. The van der Waals surface area contributed by atoms with Crippen LogP contribution in [-0.2, 0) is 21.1 Å². The molecule has 0 saturated heterocycles. The Kier molecular flexibility index (Phi) is 10.1. The van der Waals surface area contributed by atoms with Crippen LogP contribution >= 0.6 is 0 Å². The molecule has 0 spiro atoms. The van der Waals surface area contributed by atoms with Gasteiger partial charge in [-0.05, 0) is 54.8 Å². The van der Waals surface area contributed by atoms with Gasteiger partial charge in [0.05, 0.1) is 25.5 Å². The predicted octanol–water partition coefficient (Wildman–Crippen LogP) is 2.80. The minimum absolute atomic E-state index is 0.228. The molecule has 2 amide bonds. The summed E-state index contributed by atoms with van der Waals surface area (Å²) >= 11 is 0. The highest BCUT2D eigenvalue weighted by Crippen LogP contribution is 2.27. The lowest BCUT2D eigenvalue weighted by atomic mass is 10.1. The lowest BCUT2D eigenvalue weighted by Gasteiger charge is -2.16. The number of carboxylic acid groups (broad SMARTS) is 1. The van der Waals surface area contributed by atoms with Crippen LogP contribution in [0, 0.1) is 0 Å². The standard InChI is InChI=1S/C24H30N2O8S/c1-4-5-18(15-22(27)28)26-24(30)35(31,32)19-9-7-17(8-10-19)23(29)25-13-12-16-6-11-20(33-2)21(14-16)34-3/h6-11,14,18H,4-5,12-13,15H2,1-3H3,(H,25,29)(H,26,30)(H,27,28). The molecule has 10 nitrogen and oxygen atoms in total. The van der Waals surface area contributed by atoms with Crippen LogP contribution in [0.2, 0.25) is 0 Å². The van der Waals surface area contributed by atoms with Crippen LogP contribution in [0.15, 0.2) is 47.4 Å². The summed E-state index contributed by atoms with van der Waals surface area (Å²) in [4.78, 5) is 35.4. The van der Waals surface area contributed by atoms with E-state index < -0.39 is 33.0 Å². The maximum absolute atomic E-state index is 12.6. The van der Waals surface area contributed by atoms with E-state index in [0.717, 1.165) is 5.56 Å². The number of aliphatic carboxylic acids is 1. The number of hydrogen-bond donors (Lipinski definition) is 3. The molecule has 0 aliphatic carbocycles. The van der Waals surface area contributed by atoms with Crippen LogP contribution in [0.1, 0.15) is 42.1 Å². The molecule has 0 radical (unpaired) electrons. The third-order valence-electron chi connectivity index (χ3n) is 5.20. The largest absolute Gasteiger partial charge is 0.493 e. The highest BCUT2D eigenvalue weighted by atomic mass is 32.2. The third kappa shape index (κ3) is 7.71. The minimum Gasteiger partial charge on any atom is -0.493 e. The number of rotatable bonds is 12. The number of amides is 2. The molecule has 1 atom stereocenters. The van der Waals surface area contributed by atoms with Crippen LogP contribution < -0.4 is 20.1 Å². The van der Waals surface area contributed by atoms with Crippen molar-refractivity contribution in [1.29, 1.82) is 0 Å². The van der Waals surface area contributed by atoms with Crippen molar-refractivity contribution in [2.75, 3.05) is 20.8 Å². The summed E-state index contributed by atoms with van der Waals surface area (Å²) < 4.78 is 35.6. The molecule has 0 bridgehead atoms. The Morgan fingerprint density at radius 2 is 1.66 bits per heavy atom. The summed E-state index contributed by atoms with van der Waals surface area (Å²) in [5, 5.41) is 12.7. The normalized spacial score (nSPS) is 11.9. The SMILES string of the molecule is CCCC(CC(=O)O)NC(=O)S(=O)(=O)c1ccc(C(=O)NCCc2ccc(OC)c(OC)c2)cc1. The van der Waals surface area contributed by atoms with Gasteiger partial charge in [0.15, 0.2) is 11.5 Å². The summed E-state index contributed by atoms with van der Waals surface area (Å²) in [5.41, 5.74) is 1.16. The summed E-state index contributed by atoms with van der Waals surface area (Å²) in [6, 6.07) is 9.62. The van der Waals surface area contributed by atoms with Gasteiger partial charge >= 0.3 is 11.2 Å². The van der Waals surface area contributed by atoms with Crippen molar-refractivity contribution in [3.8, 4) is 11.5 Å². The van der Waals surface area contributed by atoms with Crippen molar-refractivity contribution >= 4 is 27.0 Å². The molecule has 2 aromatic carbocycles. The Hall–Kier alpha value is -3.60. The van der Waals surface area contributed by atoms with Crippen LogP contribution in [0.3, 0.4) is 0 Å². The molecule has 11 heteroatoms. The highest BCUT2D eigenvalue weighted by Gasteiger charge is 2.28. The van der Waals surface area contributed by atoms with Crippen LogP contribution in [0.25, 0.3) is 0 Å². The van der Waals surface area contributed by atoms with Gasteiger partial charge in [0.25, 0.3) is 15.7 Å². The molecule has 1 unspecified atom stereocenters. The second-order valence-electron chi connectivity index (χ2n) is 7.74. The number of ether oxygens (including phenoxy) is 2. The fourth-order valence-electron chi connectivity index (χ4n) is 3.38. The average molecular weight is 507 g/mol. The maximum atomic E-state index is 12.6. The van der Waals surface area contributed by atoms with E-state index in [2.05, 4.69) is 10.6 Å². The van der Waals surface area contributed by atoms with Crippen molar-refractivity contribution in [1.82, 2.24) is 10.6 Å². The Balaban J connectivity index is 1.99. The summed E-state index contributed by atoms with van der Waals surface area (Å²) in [6.07, 6.45) is 1.07. The van der Waals surface area contributed by atoms with Gasteiger partial charge in [-0.1, -0.05) is 19.4 Å². The molecule has 0 aliphatic rings. The van der Waals surface area contributed by atoms with Crippen LogP contribution in [0.5, 0.6) is 11.5 Å². The minimum atomic E-state index is -4.39. The number of benzene rings is 2. The zero-order chi connectivity index (χ0) is 26.0. The van der Waals surface area contributed by atoms with E-state index in [4.69, 9.17) is 14.6 Å². The zero-order valence-corrected chi connectivity index (χ0v) is 20.7. The monoisotopic (exact) mass is 506 g/mol. The number of sulfone groups is 1. The first kappa shape index (κ1) is 27.6. The molecule has 0 aromatic heterocycles. The molecular formula is C24H30N2O8S. The van der Waals surface area contributed by atoms with Crippen molar-refractivity contribution in [2.45, 2.75) is 43.5 Å². The smallest absolute Gasteiger partial charge is 0.341 e. The molecular weight excluding hydrogens is 476 g/mol. The van der Waals surface area contributed by atoms with Crippen LogP contribution in [-0.4, -0.2) is 57.4 Å². The number of carbonyl (C=O) groups excluding carboxylic acids is 2. The molecule has 0 aliphatic heterocycles. The topological polar surface area (TPSA) is 148 Å². The molecule has 2 aromatic rings. The lowest BCUT2D eigenvalue weighted by molar-refractivity contribution is -0.137. The van der Waals surface area contributed by atoms with E-state index in [1.165, 1.54) is 31.4 Å². The number of carboxylic acids is 1. The van der Waals surface area contributed by atoms with Gasteiger partial charge in [0.2, 0.25) is 0 Å². The second kappa shape index (κ2) is 12.7. The number of carbonyl (C=O) groups is 3. The summed E-state index contributed by atoms with van der Waals surface area (Å²) in [6.45, 7) is 2.13. The van der Waals surface area contributed by atoms with Gasteiger partial charge in [-0.3, -0.25) is 14.4 Å². The van der Waals surface area contributed by atoms with Crippen molar-refractivity contribution in [3.63, 3.8) is 0 Å². The van der Waals surface area contributed by atoms with Crippen molar-refractivity contribution in [2.24, 2.45) is 0 Å². The fourth-order valence-corrected chi connectivity index (χ4v) is 4.41. The van der Waals surface area contributed by atoms with E-state index in [0.29, 0.717) is 37.3 Å². The van der Waals surface area contributed by atoms with E-state index in [1.54, 1.807) is 20.1 Å². The first-order valence-corrected chi connectivity index (χ1v) is 12.5. The van der Waals surface area contributed by atoms with E-state index in [9.17, 15) is 22.8 Å². The average Bonchev–Trinajstić information content (AvgIpc) is 2.83. The third-order valence-corrected chi connectivity index (χ3v) is 6.70. The zero-order valence-electron chi connectivity index (χ0n) is 19.9. The number of methoxy groups -OCH3 is 2. The molecule has 0 fully saturated rings. The second-order valence-corrected chi connectivity index (χ2v) is 9.59. The molecule has 190 valence electrons. The molecule has 35 heavy (non-hydrogen) atoms. The Morgan fingerprint density at radius 1 is 1.00 bits per heavy atom. The Bertz CT molecular complexity index is 1150. The number of nitrogens with one attached hydrogen (secondary N) is 2. The Morgan fingerprint density at radius 3 is 2.23 bits per heavy atom. The van der Waals surface area contributed by atoms with Gasteiger partial charge in [0, 0.05) is 18.2 Å². The van der Waals surface area contributed by atoms with Gasteiger partial charge in [-0.15, -0.1) is 0 Å². The highest BCUT2D eigenvalue weighted by molar-refractivity contribution is 8.06. The fraction of sp³-hybridized carbons (Fsp3) is 0.375. The summed E-state index contributed by atoms with van der Waals surface area (Å²) in [5.74, 6) is -0.348. The molecule has 2 rings (SSSR count). The Labute approximate surface area is 204 Å². The first-order valence-electron chi connectivity index (χ1n) is 11.0. The van der Waals surface area contributed by atoms with Crippen molar-refractivity contribution < 1.29 is 37.4 Å². The van der Waals surface area contributed by atoms with E-state index in [1.807, 2.05) is 12.1 Å². The molecule has 0 heterocycles. The summed E-state index contributed by atoms with van der Waals surface area (Å²) in [7, 11) is -1.31. The molecule has 3 N–H and O–H groups in total. The molecule has 0 saturated carbocycles. The van der Waals surface area contributed by atoms with E-state index in [-0.39, 0.29) is 16.9 Å². The van der Waals surface area contributed by atoms with Crippen LogP contribution in [0.4, 0.5) is 4.79 Å². The maximum Gasteiger partial charge on any atom is 0.341 e. The number of hydrogen-bond acceptors (Lipinski definition) is 7. The predicted molar refractivity (Wildman–Crippen MR) is 129 cm³/mol. The van der Waals surface area contributed by atoms with E-state index >= 15 is 0 Å². The quantitative estimate of drug-likeness (QED) is 0.398. The van der Waals surface area contributed by atoms with Crippen molar-refractivity contribution in [3.05, 3.63) is 53.6 Å². The first-order chi connectivity index (χ1) is 16.6. The van der Waals surface area contributed by atoms with Gasteiger partial charge in [-0.25, -0.2) is 8.42 Å². The van der Waals surface area contributed by atoms with Gasteiger partial charge < -0.3 is 25.2 Å².